The molecule has 2 heteroatoms. The van der Waals surface area contributed by atoms with Crippen molar-refractivity contribution in [2.75, 3.05) is 0 Å². The molecule has 1 fully saturated rings. The molecule has 0 saturated heterocycles. The van der Waals surface area contributed by atoms with E-state index in [9.17, 15) is 4.79 Å². The first-order valence-corrected chi connectivity index (χ1v) is 4.48. The summed E-state index contributed by atoms with van der Waals surface area (Å²) < 4.78 is 0. The van der Waals surface area contributed by atoms with E-state index in [2.05, 4.69) is 13.8 Å². The van der Waals surface area contributed by atoms with Crippen LogP contribution in [0.25, 0.3) is 0 Å². The lowest BCUT2D eigenvalue weighted by molar-refractivity contribution is -0.133. The van der Waals surface area contributed by atoms with Gasteiger partial charge >= 0.3 is 5.97 Å². The second-order valence-electron chi connectivity index (χ2n) is 4.48. The lowest BCUT2D eigenvalue weighted by Crippen LogP contribution is -2.21. The summed E-state index contributed by atoms with van der Waals surface area (Å²) >= 11 is 0. The average molecular weight is 166 g/mol. The number of hydrogen-bond acceptors (Lipinski definition) is 1. The molecule has 0 aromatic heterocycles. The summed E-state index contributed by atoms with van der Waals surface area (Å²) in [7, 11) is 0. The zero-order valence-corrected chi connectivity index (χ0v) is 7.50. The normalized spacial score (nSPS) is 36.7. The van der Waals surface area contributed by atoms with Crippen LogP contribution in [-0.2, 0) is 4.79 Å². The molecule has 0 aromatic rings. The van der Waals surface area contributed by atoms with E-state index in [1.165, 1.54) is 6.42 Å². The fraction of sp³-hybridized carbons (Fsp3) is 0.700. The van der Waals surface area contributed by atoms with Gasteiger partial charge in [-0.15, -0.1) is 0 Å². The Labute approximate surface area is 72.3 Å². The minimum absolute atomic E-state index is 0.202. The molecule has 12 heavy (non-hydrogen) atoms. The summed E-state index contributed by atoms with van der Waals surface area (Å²) in [5.74, 6) is 0.101. The topological polar surface area (TPSA) is 37.3 Å². The first-order valence-electron chi connectivity index (χ1n) is 4.48. The minimum atomic E-state index is -0.713. The van der Waals surface area contributed by atoms with Gasteiger partial charge in [-0.1, -0.05) is 19.9 Å². The summed E-state index contributed by atoms with van der Waals surface area (Å²) in [5.41, 5.74) is 0.865. The van der Waals surface area contributed by atoms with E-state index < -0.39 is 5.97 Å². The largest absolute Gasteiger partial charge is 0.478 e. The van der Waals surface area contributed by atoms with E-state index in [4.69, 9.17) is 5.11 Å². The third kappa shape index (κ3) is 0.780. The van der Waals surface area contributed by atoms with Gasteiger partial charge in [-0.25, -0.2) is 4.79 Å². The average Bonchev–Trinajstić information content (AvgIpc) is 2.40. The summed E-state index contributed by atoms with van der Waals surface area (Å²) in [6.45, 7) is 4.36. The summed E-state index contributed by atoms with van der Waals surface area (Å²) in [6, 6.07) is 0. The van der Waals surface area contributed by atoms with Crippen LogP contribution >= 0.6 is 0 Å². The Morgan fingerprint density at radius 3 is 2.50 bits per heavy atom. The fourth-order valence-electron chi connectivity index (χ4n) is 2.76. The predicted octanol–water partition coefficient (Wildman–Crippen LogP) is 2.06. The van der Waals surface area contributed by atoms with Crippen molar-refractivity contribution in [3.8, 4) is 0 Å². The molecule has 2 unspecified atom stereocenters. The highest BCUT2D eigenvalue weighted by atomic mass is 16.4. The quantitative estimate of drug-likeness (QED) is 0.647. The van der Waals surface area contributed by atoms with Gasteiger partial charge in [-0.2, -0.15) is 0 Å². The maximum Gasteiger partial charge on any atom is 0.331 e. The van der Waals surface area contributed by atoms with E-state index in [0.29, 0.717) is 17.4 Å². The highest BCUT2D eigenvalue weighted by Crippen LogP contribution is 2.56. The van der Waals surface area contributed by atoms with Crippen molar-refractivity contribution in [3.63, 3.8) is 0 Å². The van der Waals surface area contributed by atoms with Crippen molar-refractivity contribution in [2.24, 2.45) is 17.3 Å². The Balaban J connectivity index is 2.35. The molecule has 2 rings (SSSR count). The van der Waals surface area contributed by atoms with Crippen LogP contribution in [0.5, 0.6) is 0 Å². The lowest BCUT2D eigenvalue weighted by atomic mass is 9.79. The molecule has 66 valence electrons. The van der Waals surface area contributed by atoms with Crippen molar-refractivity contribution in [3.05, 3.63) is 11.6 Å². The Morgan fingerprint density at radius 1 is 1.58 bits per heavy atom. The van der Waals surface area contributed by atoms with Crippen LogP contribution in [0.3, 0.4) is 0 Å². The van der Waals surface area contributed by atoms with E-state index >= 15 is 0 Å². The van der Waals surface area contributed by atoms with Crippen LogP contribution < -0.4 is 0 Å². The molecule has 0 heterocycles. The number of hydrogen-bond donors (Lipinski definition) is 1. The van der Waals surface area contributed by atoms with E-state index in [1.54, 1.807) is 0 Å². The molecule has 0 radical (unpaired) electrons. The maximum atomic E-state index is 10.8. The van der Waals surface area contributed by atoms with Crippen molar-refractivity contribution in [1.29, 1.82) is 0 Å². The standard InChI is InChI=1S/C10H14O2/c1-10(2)6-3-4-8(10)7(5-6)9(11)12/h5-6,8H,3-4H2,1-2H3,(H,11,12). The summed E-state index contributed by atoms with van der Waals surface area (Å²) in [4.78, 5) is 10.8. The first kappa shape index (κ1) is 7.84. The Bertz CT molecular complexity index is 263. The molecule has 0 aliphatic heterocycles. The Morgan fingerprint density at radius 2 is 2.25 bits per heavy atom. The third-order valence-corrected chi connectivity index (χ3v) is 3.62. The predicted molar refractivity (Wildman–Crippen MR) is 45.7 cm³/mol. The number of allylic oxidation sites excluding steroid dienone is 1. The second-order valence-corrected chi connectivity index (χ2v) is 4.48. The van der Waals surface area contributed by atoms with Crippen LogP contribution in [0.2, 0.25) is 0 Å². The SMILES string of the molecule is CC1(C)C2C=C(C(=O)O)C1CC2. The summed E-state index contributed by atoms with van der Waals surface area (Å²) in [5, 5.41) is 8.90. The van der Waals surface area contributed by atoms with Gasteiger partial charge < -0.3 is 5.11 Å². The highest BCUT2D eigenvalue weighted by Gasteiger charge is 2.50. The van der Waals surface area contributed by atoms with Gasteiger partial charge in [0.25, 0.3) is 0 Å². The number of carbonyl (C=O) groups is 1. The van der Waals surface area contributed by atoms with E-state index in [0.717, 1.165) is 6.42 Å². The van der Waals surface area contributed by atoms with Crippen molar-refractivity contribution >= 4 is 5.97 Å². The van der Waals surface area contributed by atoms with Gasteiger partial charge in [0.1, 0.15) is 0 Å². The summed E-state index contributed by atoms with van der Waals surface area (Å²) in [6.07, 6.45) is 4.21. The number of rotatable bonds is 1. The number of carboxylic acid groups (broad SMARTS) is 1. The van der Waals surface area contributed by atoms with Gasteiger partial charge in [-0.3, -0.25) is 0 Å². The number of fused-ring (bicyclic) bond motifs is 2. The van der Waals surface area contributed by atoms with Crippen molar-refractivity contribution in [2.45, 2.75) is 26.7 Å². The molecule has 0 aromatic carbocycles. The highest BCUT2D eigenvalue weighted by molar-refractivity contribution is 5.88. The van der Waals surface area contributed by atoms with Crippen molar-refractivity contribution in [1.82, 2.24) is 0 Å². The van der Waals surface area contributed by atoms with Gasteiger partial charge in [0.05, 0.1) is 0 Å². The monoisotopic (exact) mass is 166 g/mol. The van der Waals surface area contributed by atoms with Gasteiger partial charge in [0.15, 0.2) is 0 Å². The molecule has 2 bridgehead atoms. The van der Waals surface area contributed by atoms with Crippen LogP contribution in [0.1, 0.15) is 26.7 Å². The number of aliphatic carboxylic acids is 1. The molecule has 2 nitrogen and oxygen atoms in total. The Kier molecular flexibility index (Phi) is 1.39. The smallest absolute Gasteiger partial charge is 0.331 e. The molecule has 1 saturated carbocycles. The maximum absolute atomic E-state index is 10.8. The lowest BCUT2D eigenvalue weighted by Gasteiger charge is -2.24. The molecule has 0 spiro atoms. The molecule has 0 amide bonds. The van der Waals surface area contributed by atoms with E-state index in [1.807, 2.05) is 6.08 Å². The van der Waals surface area contributed by atoms with Crippen LogP contribution in [0, 0.1) is 17.3 Å². The van der Waals surface area contributed by atoms with Gasteiger partial charge in [-0.05, 0) is 30.1 Å². The zero-order chi connectivity index (χ0) is 8.93. The van der Waals surface area contributed by atoms with Crippen LogP contribution in [-0.4, -0.2) is 11.1 Å². The van der Waals surface area contributed by atoms with E-state index in [-0.39, 0.29) is 5.41 Å². The van der Waals surface area contributed by atoms with Gasteiger partial charge in [0, 0.05) is 5.57 Å². The molecular weight excluding hydrogens is 152 g/mol. The van der Waals surface area contributed by atoms with Crippen LogP contribution in [0.4, 0.5) is 0 Å². The zero-order valence-electron chi connectivity index (χ0n) is 7.50. The molecular formula is C10H14O2. The first-order chi connectivity index (χ1) is 5.53. The molecule has 1 N–H and O–H groups in total. The number of carboxylic acids is 1. The third-order valence-electron chi connectivity index (χ3n) is 3.62. The van der Waals surface area contributed by atoms with Crippen molar-refractivity contribution < 1.29 is 9.90 Å². The minimum Gasteiger partial charge on any atom is -0.478 e. The molecule has 2 aliphatic carbocycles. The fourth-order valence-corrected chi connectivity index (χ4v) is 2.76. The second kappa shape index (κ2) is 2.12. The Hall–Kier alpha value is -0.790. The molecule has 2 atom stereocenters. The molecule has 2 aliphatic rings. The van der Waals surface area contributed by atoms with Crippen LogP contribution in [0.15, 0.2) is 11.6 Å². The van der Waals surface area contributed by atoms with Gasteiger partial charge in [0.2, 0.25) is 0 Å².